The number of carbonyl (C=O) groups excluding carboxylic acids is 1. The highest BCUT2D eigenvalue weighted by Crippen LogP contribution is 2.22. The maximum atomic E-state index is 13.1. The lowest BCUT2D eigenvalue weighted by Crippen LogP contribution is -2.36. The number of rotatable bonds is 5. The van der Waals surface area contributed by atoms with Gasteiger partial charge in [-0.1, -0.05) is 29.8 Å². The van der Waals surface area contributed by atoms with Crippen LogP contribution in [0.1, 0.15) is 24.1 Å². The summed E-state index contributed by atoms with van der Waals surface area (Å²) >= 11 is 5.97. The second-order valence-electron chi connectivity index (χ2n) is 6.42. The Hall–Kier alpha value is -2.37. The average Bonchev–Trinajstić information content (AvgIpc) is 2.68. The third-order valence-electron chi connectivity index (χ3n) is 4.48. The molecule has 1 heterocycles. The smallest absolute Gasteiger partial charge is 0.244 e. The lowest BCUT2D eigenvalue weighted by molar-refractivity contribution is -0.117. The lowest BCUT2D eigenvalue weighted by atomic mass is 10.1. The first-order valence-electron chi connectivity index (χ1n) is 8.89. The zero-order valence-electron chi connectivity index (χ0n) is 15.1. The third-order valence-corrected chi connectivity index (χ3v) is 4.81. The van der Waals surface area contributed by atoms with Gasteiger partial charge in [-0.3, -0.25) is 4.79 Å². The van der Waals surface area contributed by atoms with E-state index in [1.165, 1.54) is 24.3 Å². The van der Waals surface area contributed by atoms with E-state index in [0.717, 1.165) is 37.6 Å². The summed E-state index contributed by atoms with van der Waals surface area (Å²) < 4.78 is 18.5. The molecule has 1 aliphatic heterocycles. The zero-order valence-corrected chi connectivity index (χ0v) is 15.9. The molecule has 6 heteroatoms. The second kappa shape index (κ2) is 9.02. The molecule has 3 rings (SSSR count). The van der Waals surface area contributed by atoms with Crippen LogP contribution in [0, 0.1) is 5.82 Å². The first kappa shape index (κ1) is 19.4. The van der Waals surface area contributed by atoms with E-state index in [1.54, 1.807) is 6.08 Å². The van der Waals surface area contributed by atoms with Crippen molar-refractivity contribution >= 4 is 29.3 Å². The molecule has 1 atom stereocenters. The molecule has 27 heavy (non-hydrogen) atoms. The summed E-state index contributed by atoms with van der Waals surface area (Å²) in [4.78, 5) is 14.5. The SMILES string of the molecule is CC(NC(=O)/C=C/c1ccc(F)cc1Cl)c1cccc(N2CCOCC2)c1. The van der Waals surface area contributed by atoms with Crippen molar-refractivity contribution in [3.8, 4) is 0 Å². The number of nitrogens with zero attached hydrogens (tertiary/aromatic N) is 1. The number of benzene rings is 2. The first-order chi connectivity index (χ1) is 13.0. The normalized spacial score (nSPS) is 15.7. The van der Waals surface area contributed by atoms with Crippen molar-refractivity contribution in [3.63, 3.8) is 0 Å². The molecule has 1 unspecified atom stereocenters. The van der Waals surface area contributed by atoms with Gasteiger partial charge in [-0.15, -0.1) is 0 Å². The van der Waals surface area contributed by atoms with Crippen LogP contribution in [0.2, 0.25) is 5.02 Å². The van der Waals surface area contributed by atoms with Crippen molar-refractivity contribution in [1.29, 1.82) is 0 Å². The second-order valence-corrected chi connectivity index (χ2v) is 6.83. The van der Waals surface area contributed by atoms with Gasteiger partial charge >= 0.3 is 0 Å². The molecule has 1 N–H and O–H groups in total. The van der Waals surface area contributed by atoms with E-state index in [4.69, 9.17) is 16.3 Å². The van der Waals surface area contributed by atoms with E-state index < -0.39 is 5.82 Å². The van der Waals surface area contributed by atoms with Crippen LogP contribution < -0.4 is 10.2 Å². The highest BCUT2D eigenvalue weighted by molar-refractivity contribution is 6.32. The van der Waals surface area contributed by atoms with Gasteiger partial charge < -0.3 is 15.0 Å². The minimum absolute atomic E-state index is 0.146. The summed E-state index contributed by atoms with van der Waals surface area (Å²) in [5.74, 6) is -0.643. The number of morpholine rings is 1. The minimum Gasteiger partial charge on any atom is -0.378 e. The van der Waals surface area contributed by atoms with Crippen molar-refractivity contribution in [1.82, 2.24) is 5.32 Å². The molecule has 0 aliphatic carbocycles. The molecule has 1 saturated heterocycles. The van der Waals surface area contributed by atoms with Crippen LogP contribution in [-0.2, 0) is 9.53 Å². The monoisotopic (exact) mass is 388 g/mol. The molecule has 2 aromatic carbocycles. The minimum atomic E-state index is -0.407. The molecule has 0 bridgehead atoms. The summed E-state index contributed by atoms with van der Waals surface area (Å²) in [6.07, 6.45) is 2.98. The van der Waals surface area contributed by atoms with Crippen LogP contribution in [0.25, 0.3) is 6.08 Å². The fourth-order valence-electron chi connectivity index (χ4n) is 2.96. The highest BCUT2D eigenvalue weighted by atomic mass is 35.5. The fraction of sp³-hybridized carbons (Fsp3) is 0.286. The standard InChI is InChI=1S/C21H22ClFN2O2/c1-15(17-3-2-4-19(13-17)25-9-11-27-12-10-25)24-21(26)8-6-16-5-7-18(23)14-20(16)22/h2-8,13-15H,9-12H2,1H3,(H,24,26)/b8-6+. The predicted molar refractivity (Wildman–Crippen MR) is 106 cm³/mol. The topological polar surface area (TPSA) is 41.6 Å². The highest BCUT2D eigenvalue weighted by Gasteiger charge is 2.14. The van der Waals surface area contributed by atoms with Gasteiger partial charge in [0.05, 0.1) is 24.3 Å². The summed E-state index contributed by atoms with van der Waals surface area (Å²) in [5, 5.41) is 3.21. The first-order valence-corrected chi connectivity index (χ1v) is 9.27. The maximum absolute atomic E-state index is 13.1. The number of halogens is 2. The Kier molecular flexibility index (Phi) is 6.48. The van der Waals surface area contributed by atoms with Gasteiger partial charge in [0.15, 0.2) is 0 Å². The largest absolute Gasteiger partial charge is 0.378 e. The molecule has 0 spiro atoms. The van der Waals surface area contributed by atoms with Crippen molar-refractivity contribution in [3.05, 3.63) is 70.5 Å². The Bertz CT molecular complexity index is 835. The van der Waals surface area contributed by atoms with E-state index >= 15 is 0 Å². The number of amides is 1. The Balaban J connectivity index is 1.63. The van der Waals surface area contributed by atoms with Gasteiger partial charge in [-0.25, -0.2) is 4.39 Å². The molecule has 0 aromatic heterocycles. The lowest BCUT2D eigenvalue weighted by Gasteiger charge is -2.29. The number of nitrogens with one attached hydrogen (secondary N) is 1. The molecule has 0 saturated carbocycles. The van der Waals surface area contributed by atoms with Crippen LogP contribution in [0.4, 0.5) is 10.1 Å². The van der Waals surface area contributed by atoms with Crippen LogP contribution in [0.3, 0.4) is 0 Å². The van der Waals surface area contributed by atoms with E-state index in [0.29, 0.717) is 5.56 Å². The molecular weight excluding hydrogens is 367 g/mol. The molecular formula is C21H22ClFN2O2. The Morgan fingerprint density at radius 1 is 1.26 bits per heavy atom. The summed E-state index contributed by atoms with van der Waals surface area (Å²) in [5.41, 5.74) is 2.75. The van der Waals surface area contributed by atoms with Crippen LogP contribution in [-0.4, -0.2) is 32.2 Å². The van der Waals surface area contributed by atoms with Crippen LogP contribution in [0.5, 0.6) is 0 Å². The number of ether oxygens (including phenoxy) is 1. The number of anilines is 1. The molecule has 1 aliphatic rings. The van der Waals surface area contributed by atoms with Crippen LogP contribution in [0.15, 0.2) is 48.5 Å². The van der Waals surface area contributed by atoms with Gasteiger partial charge in [0.25, 0.3) is 0 Å². The molecule has 2 aromatic rings. The maximum Gasteiger partial charge on any atom is 0.244 e. The van der Waals surface area contributed by atoms with E-state index in [9.17, 15) is 9.18 Å². The predicted octanol–water partition coefficient (Wildman–Crippen LogP) is 4.21. The number of carbonyl (C=O) groups is 1. The van der Waals surface area contributed by atoms with Gasteiger partial charge in [-0.2, -0.15) is 0 Å². The Morgan fingerprint density at radius 2 is 2.04 bits per heavy atom. The van der Waals surface area contributed by atoms with Gasteiger partial charge in [0.2, 0.25) is 5.91 Å². The molecule has 142 valence electrons. The van der Waals surface area contributed by atoms with E-state index in [-0.39, 0.29) is 17.0 Å². The zero-order chi connectivity index (χ0) is 19.2. The molecule has 0 radical (unpaired) electrons. The van der Waals surface area contributed by atoms with Crippen molar-refractivity contribution in [2.75, 3.05) is 31.2 Å². The van der Waals surface area contributed by atoms with E-state index in [1.807, 2.05) is 19.1 Å². The molecule has 4 nitrogen and oxygen atoms in total. The summed E-state index contributed by atoms with van der Waals surface area (Å²) in [6.45, 7) is 5.13. The number of hydrogen-bond donors (Lipinski definition) is 1. The van der Waals surface area contributed by atoms with Crippen molar-refractivity contribution in [2.45, 2.75) is 13.0 Å². The van der Waals surface area contributed by atoms with E-state index in [2.05, 4.69) is 22.3 Å². The van der Waals surface area contributed by atoms with Gasteiger partial charge in [-0.05, 0) is 48.4 Å². The summed E-state index contributed by atoms with van der Waals surface area (Å²) in [6, 6.07) is 12.1. The molecule has 1 fully saturated rings. The van der Waals surface area contributed by atoms with Crippen molar-refractivity contribution < 1.29 is 13.9 Å². The third kappa shape index (κ3) is 5.31. The Labute approximate surface area is 163 Å². The average molecular weight is 389 g/mol. The van der Waals surface area contributed by atoms with Gasteiger partial charge in [0.1, 0.15) is 5.82 Å². The van der Waals surface area contributed by atoms with Gasteiger partial charge in [0, 0.05) is 24.9 Å². The fourth-order valence-corrected chi connectivity index (χ4v) is 3.19. The Morgan fingerprint density at radius 3 is 2.78 bits per heavy atom. The summed E-state index contributed by atoms with van der Waals surface area (Å²) in [7, 11) is 0. The number of hydrogen-bond acceptors (Lipinski definition) is 3. The quantitative estimate of drug-likeness (QED) is 0.780. The molecule has 1 amide bonds. The van der Waals surface area contributed by atoms with Crippen LogP contribution >= 0.6 is 11.6 Å². The van der Waals surface area contributed by atoms with Crippen molar-refractivity contribution in [2.24, 2.45) is 0 Å².